The molecule has 2 fully saturated rings. The van der Waals surface area contributed by atoms with Crippen LogP contribution in [0.3, 0.4) is 0 Å². The van der Waals surface area contributed by atoms with E-state index in [-0.39, 0.29) is 5.82 Å². The van der Waals surface area contributed by atoms with Crippen molar-refractivity contribution in [1.29, 1.82) is 0 Å². The van der Waals surface area contributed by atoms with E-state index in [0.717, 1.165) is 13.1 Å². The maximum absolute atomic E-state index is 13.6. The third kappa shape index (κ3) is 2.18. The Morgan fingerprint density at radius 3 is 2.70 bits per heavy atom. The molecular weight excluding hydrogens is 249 g/mol. The Morgan fingerprint density at radius 1 is 1.15 bits per heavy atom. The Labute approximate surface area is 122 Å². The minimum absolute atomic E-state index is 0.100. The molecule has 1 N–H and O–H groups in total. The van der Waals surface area contributed by atoms with E-state index in [2.05, 4.69) is 25.2 Å². The van der Waals surface area contributed by atoms with Crippen molar-refractivity contribution in [3.05, 3.63) is 35.6 Å². The second-order valence-corrected chi connectivity index (χ2v) is 7.31. The summed E-state index contributed by atoms with van der Waals surface area (Å²) in [6.45, 7) is 6.97. The van der Waals surface area contributed by atoms with Crippen LogP contribution in [-0.2, 0) is 0 Å². The molecule has 110 valence electrons. The first-order valence-electron chi connectivity index (χ1n) is 8.01. The van der Waals surface area contributed by atoms with Gasteiger partial charge < -0.3 is 5.32 Å². The summed E-state index contributed by atoms with van der Waals surface area (Å²) in [5.41, 5.74) is 1.88. The summed E-state index contributed by atoms with van der Waals surface area (Å²) in [6.07, 6.45) is 6.50. The lowest BCUT2D eigenvalue weighted by Crippen LogP contribution is -2.53. The fourth-order valence-electron chi connectivity index (χ4n) is 4.79. The Morgan fingerprint density at radius 2 is 1.95 bits per heavy atom. The molecule has 1 aliphatic heterocycles. The lowest BCUT2D eigenvalue weighted by Gasteiger charge is -2.57. The van der Waals surface area contributed by atoms with Crippen molar-refractivity contribution >= 4 is 0 Å². The SMILES string of the molecule is CC1(C)CCCCC12CCNCC2c1cccc(F)c1. The van der Waals surface area contributed by atoms with E-state index in [0.29, 0.717) is 16.7 Å². The molecule has 0 aromatic heterocycles. The third-order valence-corrected chi connectivity index (χ3v) is 6.04. The topological polar surface area (TPSA) is 12.0 Å². The van der Waals surface area contributed by atoms with E-state index < -0.39 is 0 Å². The lowest BCUT2D eigenvalue weighted by atomic mass is 9.49. The van der Waals surface area contributed by atoms with Gasteiger partial charge in [0.25, 0.3) is 0 Å². The highest BCUT2D eigenvalue weighted by Crippen LogP contribution is 2.60. The average Bonchev–Trinajstić information content (AvgIpc) is 2.43. The quantitative estimate of drug-likeness (QED) is 0.796. The number of benzene rings is 1. The molecule has 1 saturated carbocycles. The number of hydrogen-bond acceptors (Lipinski definition) is 1. The molecule has 1 spiro atoms. The van der Waals surface area contributed by atoms with Crippen LogP contribution in [-0.4, -0.2) is 13.1 Å². The molecule has 1 heterocycles. The molecule has 2 unspecified atom stereocenters. The molecule has 1 saturated heterocycles. The second kappa shape index (κ2) is 5.14. The molecule has 1 aliphatic carbocycles. The molecule has 2 heteroatoms. The largest absolute Gasteiger partial charge is 0.316 e. The maximum Gasteiger partial charge on any atom is 0.123 e. The Kier molecular flexibility index (Phi) is 3.62. The van der Waals surface area contributed by atoms with Crippen molar-refractivity contribution in [2.45, 2.75) is 51.9 Å². The number of piperidine rings is 1. The lowest BCUT2D eigenvalue weighted by molar-refractivity contribution is -0.0321. The van der Waals surface area contributed by atoms with E-state index in [1.54, 1.807) is 12.1 Å². The zero-order chi connectivity index (χ0) is 14.2. The number of nitrogens with one attached hydrogen (secondary N) is 1. The smallest absolute Gasteiger partial charge is 0.123 e. The third-order valence-electron chi connectivity index (χ3n) is 6.04. The van der Waals surface area contributed by atoms with Crippen molar-refractivity contribution < 1.29 is 4.39 Å². The fourth-order valence-corrected chi connectivity index (χ4v) is 4.79. The van der Waals surface area contributed by atoms with Crippen LogP contribution in [0.4, 0.5) is 4.39 Å². The first-order valence-corrected chi connectivity index (χ1v) is 8.01. The Balaban J connectivity index is 2.02. The van der Waals surface area contributed by atoms with Gasteiger partial charge in [0.15, 0.2) is 0 Å². The van der Waals surface area contributed by atoms with Gasteiger partial charge in [-0.05, 0) is 54.3 Å². The highest BCUT2D eigenvalue weighted by Gasteiger charge is 2.52. The molecule has 20 heavy (non-hydrogen) atoms. The van der Waals surface area contributed by atoms with E-state index >= 15 is 0 Å². The Hall–Kier alpha value is -0.890. The Bertz CT molecular complexity index is 476. The molecule has 1 nitrogen and oxygen atoms in total. The molecule has 0 bridgehead atoms. The van der Waals surface area contributed by atoms with Crippen LogP contribution in [0.15, 0.2) is 24.3 Å². The van der Waals surface area contributed by atoms with E-state index in [1.165, 1.54) is 37.7 Å². The van der Waals surface area contributed by atoms with Crippen LogP contribution in [0.2, 0.25) is 0 Å². The minimum Gasteiger partial charge on any atom is -0.316 e. The summed E-state index contributed by atoms with van der Waals surface area (Å²) in [7, 11) is 0. The summed E-state index contributed by atoms with van der Waals surface area (Å²) in [5, 5.41) is 3.54. The summed E-state index contributed by atoms with van der Waals surface area (Å²) >= 11 is 0. The first kappa shape index (κ1) is 14.1. The van der Waals surface area contributed by atoms with Crippen LogP contribution >= 0.6 is 0 Å². The van der Waals surface area contributed by atoms with Gasteiger partial charge in [-0.2, -0.15) is 0 Å². The molecular formula is C18H26FN. The van der Waals surface area contributed by atoms with E-state index in [9.17, 15) is 4.39 Å². The van der Waals surface area contributed by atoms with E-state index in [4.69, 9.17) is 0 Å². The van der Waals surface area contributed by atoms with Gasteiger partial charge in [0.2, 0.25) is 0 Å². The summed E-state index contributed by atoms with van der Waals surface area (Å²) in [6, 6.07) is 7.29. The number of halogens is 1. The number of rotatable bonds is 1. The monoisotopic (exact) mass is 275 g/mol. The van der Waals surface area contributed by atoms with Crippen molar-refractivity contribution in [2.24, 2.45) is 10.8 Å². The van der Waals surface area contributed by atoms with Gasteiger partial charge in [0.1, 0.15) is 5.82 Å². The molecule has 2 aliphatic rings. The number of hydrogen-bond donors (Lipinski definition) is 1. The van der Waals surface area contributed by atoms with Crippen LogP contribution in [0.25, 0.3) is 0 Å². The minimum atomic E-state index is -0.100. The van der Waals surface area contributed by atoms with Crippen LogP contribution < -0.4 is 5.32 Å². The van der Waals surface area contributed by atoms with E-state index in [1.807, 2.05) is 6.07 Å². The zero-order valence-electron chi connectivity index (χ0n) is 12.7. The fraction of sp³-hybridized carbons (Fsp3) is 0.667. The predicted octanol–water partition coefficient (Wildman–Crippen LogP) is 4.49. The summed E-state index contributed by atoms with van der Waals surface area (Å²) in [4.78, 5) is 0. The second-order valence-electron chi connectivity index (χ2n) is 7.31. The molecule has 3 rings (SSSR count). The van der Waals surface area contributed by atoms with Crippen molar-refractivity contribution in [1.82, 2.24) is 5.32 Å². The normalized spacial score (nSPS) is 33.2. The standard InChI is InChI=1S/C18H26FN/c1-17(2)8-3-4-9-18(17)10-11-20-13-16(18)14-6-5-7-15(19)12-14/h5-7,12,16,20H,3-4,8-11,13H2,1-2H3. The summed E-state index contributed by atoms with van der Waals surface area (Å²) in [5.74, 6) is 0.346. The van der Waals surface area contributed by atoms with Crippen molar-refractivity contribution in [3.8, 4) is 0 Å². The molecule has 2 atom stereocenters. The van der Waals surface area contributed by atoms with Gasteiger partial charge in [-0.25, -0.2) is 4.39 Å². The summed E-state index contributed by atoms with van der Waals surface area (Å²) < 4.78 is 13.6. The van der Waals surface area contributed by atoms with Gasteiger partial charge >= 0.3 is 0 Å². The van der Waals surface area contributed by atoms with Gasteiger partial charge in [-0.3, -0.25) is 0 Å². The van der Waals surface area contributed by atoms with Crippen molar-refractivity contribution in [2.75, 3.05) is 13.1 Å². The highest BCUT2D eigenvalue weighted by molar-refractivity contribution is 5.26. The van der Waals surface area contributed by atoms with Crippen molar-refractivity contribution in [3.63, 3.8) is 0 Å². The molecule has 0 amide bonds. The van der Waals surface area contributed by atoms with Crippen LogP contribution in [0, 0.1) is 16.6 Å². The molecule has 1 aromatic carbocycles. The van der Waals surface area contributed by atoms with Gasteiger partial charge in [0, 0.05) is 12.5 Å². The van der Waals surface area contributed by atoms with Gasteiger partial charge in [-0.15, -0.1) is 0 Å². The van der Waals surface area contributed by atoms with Gasteiger partial charge in [0.05, 0.1) is 0 Å². The average molecular weight is 275 g/mol. The van der Waals surface area contributed by atoms with Gasteiger partial charge in [-0.1, -0.05) is 38.8 Å². The molecule has 1 aromatic rings. The van der Waals surface area contributed by atoms with Crippen LogP contribution in [0.1, 0.15) is 57.4 Å². The zero-order valence-corrected chi connectivity index (χ0v) is 12.7. The maximum atomic E-state index is 13.6. The first-order chi connectivity index (χ1) is 9.55. The highest BCUT2D eigenvalue weighted by atomic mass is 19.1. The molecule has 0 radical (unpaired) electrons. The van der Waals surface area contributed by atoms with Crippen LogP contribution in [0.5, 0.6) is 0 Å². The predicted molar refractivity (Wildman–Crippen MR) is 81.3 cm³/mol.